The molecule has 5 heteroatoms. The van der Waals surface area contributed by atoms with Crippen LogP contribution in [0.2, 0.25) is 10.2 Å². The molecule has 0 bridgehead atoms. The fourth-order valence-electron chi connectivity index (χ4n) is 1.43. The number of amides is 1. The van der Waals surface area contributed by atoms with E-state index < -0.39 is 0 Å². The van der Waals surface area contributed by atoms with Crippen LogP contribution in [0.15, 0.2) is 12.1 Å². The van der Waals surface area contributed by atoms with Gasteiger partial charge in [0.15, 0.2) is 0 Å². The summed E-state index contributed by atoms with van der Waals surface area (Å²) in [5.74, 6) is 0.250. The summed E-state index contributed by atoms with van der Waals surface area (Å²) in [6, 6.07) is 3.15. The van der Waals surface area contributed by atoms with Crippen LogP contribution in [0, 0.1) is 5.92 Å². The number of hydrogen-bond donors (Lipinski definition) is 0. The van der Waals surface area contributed by atoms with Crippen molar-refractivity contribution in [2.45, 2.75) is 20.3 Å². The van der Waals surface area contributed by atoms with E-state index in [1.54, 1.807) is 24.1 Å². The highest BCUT2D eigenvalue weighted by atomic mass is 35.5. The van der Waals surface area contributed by atoms with Gasteiger partial charge in [-0.2, -0.15) is 0 Å². The van der Waals surface area contributed by atoms with Gasteiger partial charge in [-0.3, -0.25) is 4.79 Å². The van der Waals surface area contributed by atoms with Crippen molar-refractivity contribution in [1.29, 1.82) is 0 Å². The molecule has 17 heavy (non-hydrogen) atoms. The lowest BCUT2D eigenvalue weighted by molar-refractivity contribution is 0.0769. The highest BCUT2D eigenvalue weighted by Gasteiger charge is 2.18. The Morgan fingerprint density at radius 2 is 2.12 bits per heavy atom. The van der Waals surface area contributed by atoms with Crippen molar-refractivity contribution in [2.24, 2.45) is 5.92 Å². The largest absolute Gasteiger partial charge is 0.340 e. The first-order valence-electron chi connectivity index (χ1n) is 5.53. The molecule has 0 N–H and O–H groups in total. The Balaban J connectivity index is 2.85. The molecule has 0 aliphatic rings. The summed E-state index contributed by atoms with van der Waals surface area (Å²) in [5, 5.41) is 0.602. The number of carbonyl (C=O) groups is 1. The maximum absolute atomic E-state index is 12.1. The molecule has 1 atom stereocenters. The summed E-state index contributed by atoms with van der Waals surface area (Å²) in [4.78, 5) is 17.7. The number of nitrogens with zero attached hydrogens (tertiary/aromatic N) is 2. The van der Waals surface area contributed by atoms with Crippen LogP contribution in [-0.2, 0) is 0 Å². The zero-order valence-corrected chi connectivity index (χ0v) is 11.7. The molecule has 3 nitrogen and oxygen atoms in total. The Kier molecular flexibility index (Phi) is 5.22. The molecule has 1 aromatic heterocycles. The summed E-state index contributed by atoms with van der Waals surface area (Å²) in [5.41, 5.74) is 0.213. The van der Waals surface area contributed by atoms with Crippen LogP contribution in [0.25, 0.3) is 0 Å². The Hall–Kier alpha value is -0.800. The molecule has 0 aliphatic carbocycles. The van der Waals surface area contributed by atoms with Crippen molar-refractivity contribution in [2.75, 3.05) is 13.6 Å². The Bertz CT molecular complexity index is 409. The molecule has 1 unspecified atom stereocenters. The average Bonchev–Trinajstić information content (AvgIpc) is 2.31. The maximum Gasteiger partial charge on any atom is 0.273 e. The smallest absolute Gasteiger partial charge is 0.273 e. The van der Waals surface area contributed by atoms with Crippen LogP contribution in [-0.4, -0.2) is 29.4 Å². The van der Waals surface area contributed by atoms with E-state index in [1.165, 1.54) is 0 Å². The Morgan fingerprint density at radius 1 is 1.47 bits per heavy atom. The van der Waals surface area contributed by atoms with Gasteiger partial charge >= 0.3 is 0 Å². The molecular formula is C12H16Cl2N2O. The molecule has 0 spiro atoms. The number of hydrogen-bond acceptors (Lipinski definition) is 2. The van der Waals surface area contributed by atoms with Crippen LogP contribution in [0.3, 0.4) is 0 Å². The van der Waals surface area contributed by atoms with Crippen LogP contribution in [0.1, 0.15) is 30.8 Å². The Morgan fingerprint density at radius 3 is 2.71 bits per heavy atom. The second-order valence-corrected chi connectivity index (χ2v) is 4.96. The fourth-order valence-corrected chi connectivity index (χ4v) is 1.76. The van der Waals surface area contributed by atoms with E-state index in [9.17, 15) is 4.79 Å². The second-order valence-electron chi connectivity index (χ2n) is 4.16. The molecule has 1 heterocycles. The van der Waals surface area contributed by atoms with Crippen LogP contribution in [0.4, 0.5) is 0 Å². The minimum absolute atomic E-state index is 0.196. The van der Waals surface area contributed by atoms with Gasteiger partial charge < -0.3 is 4.90 Å². The maximum atomic E-state index is 12.1. The van der Waals surface area contributed by atoms with Crippen molar-refractivity contribution in [1.82, 2.24) is 9.88 Å². The molecule has 0 saturated carbocycles. The van der Waals surface area contributed by atoms with E-state index >= 15 is 0 Å². The van der Waals surface area contributed by atoms with Gasteiger partial charge in [-0.1, -0.05) is 43.5 Å². The number of rotatable bonds is 4. The van der Waals surface area contributed by atoms with Crippen LogP contribution in [0.5, 0.6) is 0 Å². The summed E-state index contributed by atoms with van der Waals surface area (Å²) in [6.45, 7) is 4.87. The van der Waals surface area contributed by atoms with Crippen molar-refractivity contribution in [3.05, 3.63) is 28.0 Å². The van der Waals surface area contributed by atoms with Crippen molar-refractivity contribution in [3.63, 3.8) is 0 Å². The van der Waals surface area contributed by atoms with E-state index in [1.807, 2.05) is 0 Å². The molecule has 1 rings (SSSR count). The molecule has 1 aromatic rings. The van der Waals surface area contributed by atoms with Crippen molar-refractivity contribution >= 4 is 29.1 Å². The zero-order chi connectivity index (χ0) is 13.0. The van der Waals surface area contributed by atoms with Crippen LogP contribution < -0.4 is 0 Å². The van der Waals surface area contributed by atoms with E-state index in [-0.39, 0.29) is 16.8 Å². The van der Waals surface area contributed by atoms with E-state index in [4.69, 9.17) is 23.2 Å². The minimum Gasteiger partial charge on any atom is -0.340 e. The molecule has 1 amide bonds. The SMILES string of the molecule is CCC(C)CN(C)C(=O)c1nc(Cl)ccc1Cl. The first-order chi connectivity index (χ1) is 7.95. The van der Waals surface area contributed by atoms with Gasteiger partial charge in [0.25, 0.3) is 5.91 Å². The minimum atomic E-state index is -0.196. The zero-order valence-electron chi connectivity index (χ0n) is 10.2. The number of aromatic nitrogens is 1. The van der Waals surface area contributed by atoms with Crippen molar-refractivity contribution in [3.8, 4) is 0 Å². The molecule has 0 fully saturated rings. The predicted octanol–water partition coefficient (Wildman–Crippen LogP) is 3.51. The van der Waals surface area contributed by atoms with Gasteiger partial charge in [0.05, 0.1) is 5.02 Å². The van der Waals surface area contributed by atoms with E-state index in [0.717, 1.165) is 6.42 Å². The normalized spacial score (nSPS) is 12.3. The fraction of sp³-hybridized carbons (Fsp3) is 0.500. The third-order valence-corrected chi connectivity index (χ3v) is 3.16. The third-order valence-electron chi connectivity index (χ3n) is 2.64. The lowest BCUT2D eigenvalue weighted by atomic mass is 10.1. The highest BCUT2D eigenvalue weighted by molar-refractivity contribution is 6.34. The van der Waals surface area contributed by atoms with Gasteiger partial charge in [0.2, 0.25) is 0 Å². The van der Waals surface area contributed by atoms with Gasteiger partial charge in [-0.05, 0) is 18.1 Å². The number of halogens is 2. The van der Waals surface area contributed by atoms with Gasteiger partial charge in [0, 0.05) is 13.6 Å². The first-order valence-corrected chi connectivity index (χ1v) is 6.28. The van der Waals surface area contributed by atoms with Crippen molar-refractivity contribution < 1.29 is 4.79 Å². The summed E-state index contributed by atoms with van der Waals surface area (Å²) in [7, 11) is 1.74. The lowest BCUT2D eigenvalue weighted by Gasteiger charge is -2.20. The topological polar surface area (TPSA) is 33.2 Å². The third kappa shape index (κ3) is 3.86. The molecule has 0 saturated heterocycles. The molecule has 0 aromatic carbocycles. The standard InChI is InChI=1S/C12H16Cl2N2O/c1-4-8(2)7-16(3)12(17)11-9(13)5-6-10(14)15-11/h5-6,8H,4,7H2,1-3H3. The first kappa shape index (κ1) is 14.3. The van der Waals surface area contributed by atoms with Gasteiger partial charge in [-0.25, -0.2) is 4.98 Å². The lowest BCUT2D eigenvalue weighted by Crippen LogP contribution is -2.31. The van der Waals surface area contributed by atoms with E-state index in [2.05, 4.69) is 18.8 Å². The highest BCUT2D eigenvalue weighted by Crippen LogP contribution is 2.18. The summed E-state index contributed by atoms with van der Waals surface area (Å²) < 4.78 is 0. The summed E-state index contributed by atoms with van der Waals surface area (Å²) in [6.07, 6.45) is 1.02. The molecule has 0 radical (unpaired) electrons. The monoisotopic (exact) mass is 274 g/mol. The number of carbonyl (C=O) groups excluding carboxylic acids is 1. The van der Waals surface area contributed by atoms with Gasteiger partial charge in [-0.15, -0.1) is 0 Å². The molecule has 94 valence electrons. The second kappa shape index (κ2) is 6.22. The van der Waals surface area contributed by atoms with Gasteiger partial charge in [0.1, 0.15) is 10.8 Å². The number of pyridine rings is 1. The van der Waals surface area contributed by atoms with E-state index in [0.29, 0.717) is 17.5 Å². The van der Waals surface area contributed by atoms with Crippen LogP contribution >= 0.6 is 23.2 Å². The summed E-state index contributed by atoms with van der Waals surface area (Å²) >= 11 is 11.7. The molecular weight excluding hydrogens is 259 g/mol. The predicted molar refractivity (Wildman–Crippen MR) is 70.7 cm³/mol. The Labute approximate surface area is 112 Å². The average molecular weight is 275 g/mol. The quantitative estimate of drug-likeness (QED) is 0.788. The molecule has 0 aliphatic heterocycles.